The highest BCUT2D eigenvalue weighted by Gasteiger charge is 2.01. The smallest absolute Gasteiger partial charge is 0.116 e. The lowest BCUT2D eigenvalue weighted by Crippen LogP contribution is -1.99. The van der Waals surface area contributed by atoms with E-state index in [2.05, 4.69) is 23.0 Å². The number of nitrogens with zero attached hydrogens (tertiary/aromatic N) is 2. The molecule has 0 saturated heterocycles. The van der Waals surface area contributed by atoms with Gasteiger partial charge in [-0.25, -0.2) is 9.97 Å². The fourth-order valence-electron chi connectivity index (χ4n) is 1.55. The number of aryl methyl sites for hydroxylation is 1. The lowest BCUT2D eigenvalue weighted by Gasteiger charge is -2.05. The van der Waals surface area contributed by atoms with E-state index in [0.29, 0.717) is 6.54 Å². The van der Waals surface area contributed by atoms with Crippen LogP contribution in [0.5, 0.6) is 0 Å². The van der Waals surface area contributed by atoms with Crippen molar-refractivity contribution in [3.05, 3.63) is 47.9 Å². The van der Waals surface area contributed by atoms with E-state index < -0.39 is 0 Å². The zero-order valence-corrected chi connectivity index (χ0v) is 8.64. The molecule has 0 atom stereocenters. The summed E-state index contributed by atoms with van der Waals surface area (Å²) in [5, 5.41) is 0. The lowest BCUT2D eigenvalue weighted by atomic mass is 10.0. The topological polar surface area (TPSA) is 51.8 Å². The van der Waals surface area contributed by atoms with E-state index in [1.54, 1.807) is 12.5 Å². The molecule has 0 fully saturated rings. The summed E-state index contributed by atoms with van der Waals surface area (Å²) in [6.45, 7) is 2.64. The van der Waals surface area contributed by atoms with E-state index in [1.165, 1.54) is 11.1 Å². The Bertz CT molecular complexity index is 452. The Hall–Kier alpha value is -1.74. The highest BCUT2D eigenvalue weighted by Crippen LogP contribution is 2.19. The van der Waals surface area contributed by atoms with Gasteiger partial charge < -0.3 is 5.73 Å². The van der Waals surface area contributed by atoms with Gasteiger partial charge in [-0.15, -0.1) is 0 Å². The van der Waals surface area contributed by atoms with Crippen LogP contribution in [0.3, 0.4) is 0 Å². The van der Waals surface area contributed by atoms with Crippen molar-refractivity contribution < 1.29 is 0 Å². The van der Waals surface area contributed by atoms with Crippen LogP contribution in [0.2, 0.25) is 0 Å². The Morgan fingerprint density at radius 3 is 2.73 bits per heavy atom. The minimum absolute atomic E-state index is 0.579. The first-order chi connectivity index (χ1) is 7.31. The number of benzene rings is 1. The SMILES string of the molecule is Cc1cc(-c2ccncn2)ccc1CN. The molecule has 0 bridgehead atoms. The van der Waals surface area contributed by atoms with Crippen LogP contribution in [0, 0.1) is 6.92 Å². The van der Waals surface area contributed by atoms with Gasteiger partial charge in [-0.2, -0.15) is 0 Å². The second-order valence-corrected chi connectivity index (χ2v) is 3.44. The maximum absolute atomic E-state index is 5.61. The zero-order chi connectivity index (χ0) is 10.7. The minimum Gasteiger partial charge on any atom is -0.326 e. The molecule has 0 aliphatic rings. The average molecular weight is 199 g/mol. The highest BCUT2D eigenvalue weighted by molar-refractivity contribution is 5.60. The van der Waals surface area contributed by atoms with E-state index in [9.17, 15) is 0 Å². The second-order valence-electron chi connectivity index (χ2n) is 3.44. The first kappa shape index (κ1) is 9.80. The normalized spacial score (nSPS) is 10.3. The molecule has 0 saturated carbocycles. The molecule has 15 heavy (non-hydrogen) atoms. The molecule has 0 amide bonds. The van der Waals surface area contributed by atoms with E-state index in [-0.39, 0.29) is 0 Å². The summed E-state index contributed by atoms with van der Waals surface area (Å²) in [5.74, 6) is 0. The van der Waals surface area contributed by atoms with Gasteiger partial charge in [-0.05, 0) is 30.2 Å². The van der Waals surface area contributed by atoms with Crippen molar-refractivity contribution in [3.8, 4) is 11.3 Å². The van der Waals surface area contributed by atoms with Crippen LogP contribution < -0.4 is 5.73 Å². The highest BCUT2D eigenvalue weighted by atomic mass is 14.8. The maximum atomic E-state index is 5.61. The molecule has 0 unspecified atom stereocenters. The average Bonchev–Trinajstić information content (AvgIpc) is 2.30. The Balaban J connectivity index is 2.43. The molecule has 0 spiro atoms. The number of hydrogen-bond donors (Lipinski definition) is 1. The molecular weight excluding hydrogens is 186 g/mol. The minimum atomic E-state index is 0.579. The van der Waals surface area contributed by atoms with Gasteiger partial charge in [0.25, 0.3) is 0 Å². The predicted molar refractivity (Wildman–Crippen MR) is 60.1 cm³/mol. The third-order valence-corrected chi connectivity index (χ3v) is 2.44. The number of rotatable bonds is 2. The molecule has 76 valence electrons. The van der Waals surface area contributed by atoms with Gasteiger partial charge in [-0.3, -0.25) is 0 Å². The molecule has 0 aliphatic carbocycles. The fourth-order valence-corrected chi connectivity index (χ4v) is 1.55. The van der Waals surface area contributed by atoms with Gasteiger partial charge >= 0.3 is 0 Å². The third-order valence-electron chi connectivity index (χ3n) is 2.44. The number of hydrogen-bond acceptors (Lipinski definition) is 3. The Labute approximate surface area is 89.0 Å². The van der Waals surface area contributed by atoms with Crippen LogP contribution in [0.1, 0.15) is 11.1 Å². The van der Waals surface area contributed by atoms with Crippen molar-refractivity contribution >= 4 is 0 Å². The van der Waals surface area contributed by atoms with Crippen molar-refractivity contribution in [2.75, 3.05) is 0 Å². The fraction of sp³-hybridized carbons (Fsp3) is 0.167. The standard InChI is InChI=1S/C12H13N3/c1-9-6-10(2-3-11(9)7-13)12-4-5-14-8-15-12/h2-6,8H,7,13H2,1H3. The number of aromatic nitrogens is 2. The largest absolute Gasteiger partial charge is 0.326 e. The molecule has 1 aromatic carbocycles. The zero-order valence-electron chi connectivity index (χ0n) is 8.64. The Morgan fingerprint density at radius 2 is 2.13 bits per heavy atom. The van der Waals surface area contributed by atoms with Crippen LogP contribution in [0.25, 0.3) is 11.3 Å². The van der Waals surface area contributed by atoms with Crippen LogP contribution in [0.15, 0.2) is 36.8 Å². The molecule has 2 N–H and O–H groups in total. The molecule has 1 aromatic heterocycles. The quantitative estimate of drug-likeness (QED) is 0.803. The van der Waals surface area contributed by atoms with Crippen LogP contribution >= 0.6 is 0 Å². The van der Waals surface area contributed by atoms with Gasteiger partial charge in [0.15, 0.2) is 0 Å². The monoisotopic (exact) mass is 199 g/mol. The van der Waals surface area contributed by atoms with Crippen molar-refractivity contribution in [1.82, 2.24) is 9.97 Å². The molecule has 0 aliphatic heterocycles. The summed E-state index contributed by atoms with van der Waals surface area (Å²) in [6, 6.07) is 8.09. The third kappa shape index (κ3) is 2.02. The van der Waals surface area contributed by atoms with E-state index in [4.69, 9.17) is 5.73 Å². The van der Waals surface area contributed by atoms with Crippen molar-refractivity contribution in [2.45, 2.75) is 13.5 Å². The summed E-state index contributed by atoms with van der Waals surface area (Å²) in [5.41, 5.74) is 10.0. The summed E-state index contributed by atoms with van der Waals surface area (Å²) in [7, 11) is 0. The summed E-state index contributed by atoms with van der Waals surface area (Å²) < 4.78 is 0. The summed E-state index contributed by atoms with van der Waals surface area (Å²) in [4.78, 5) is 8.10. The van der Waals surface area contributed by atoms with Crippen molar-refractivity contribution in [1.29, 1.82) is 0 Å². The molecule has 3 nitrogen and oxygen atoms in total. The Kier molecular flexibility index (Phi) is 2.74. The van der Waals surface area contributed by atoms with Gasteiger partial charge in [0.05, 0.1) is 5.69 Å². The first-order valence-electron chi connectivity index (χ1n) is 4.87. The van der Waals surface area contributed by atoms with Crippen LogP contribution in [-0.4, -0.2) is 9.97 Å². The molecule has 1 heterocycles. The molecule has 0 radical (unpaired) electrons. The van der Waals surface area contributed by atoms with Gasteiger partial charge in [0.1, 0.15) is 6.33 Å². The van der Waals surface area contributed by atoms with Crippen LogP contribution in [-0.2, 0) is 6.54 Å². The number of nitrogens with two attached hydrogens (primary N) is 1. The predicted octanol–water partition coefficient (Wildman–Crippen LogP) is 1.91. The second kappa shape index (κ2) is 4.19. The maximum Gasteiger partial charge on any atom is 0.116 e. The van der Waals surface area contributed by atoms with Gasteiger partial charge in [0.2, 0.25) is 0 Å². The van der Waals surface area contributed by atoms with E-state index in [1.807, 2.05) is 18.2 Å². The van der Waals surface area contributed by atoms with E-state index >= 15 is 0 Å². The van der Waals surface area contributed by atoms with Crippen molar-refractivity contribution in [2.24, 2.45) is 5.73 Å². The van der Waals surface area contributed by atoms with Gasteiger partial charge in [0, 0.05) is 18.3 Å². The van der Waals surface area contributed by atoms with Crippen molar-refractivity contribution in [3.63, 3.8) is 0 Å². The Morgan fingerprint density at radius 1 is 1.27 bits per heavy atom. The summed E-state index contributed by atoms with van der Waals surface area (Å²) >= 11 is 0. The molecule has 3 heteroatoms. The molecular formula is C12H13N3. The molecule has 2 aromatic rings. The first-order valence-corrected chi connectivity index (χ1v) is 4.87. The molecule has 2 rings (SSSR count). The lowest BCUT2D eigenvalue weighted by molar-refractivity contribution is 1.05. The van der Waals surface area contributed by atoms with Gasteiger partial charge in [-0.1, -0.05) is 12.1 Å². The van der Waals surface area contributed by atoms with Crippen LogP contribution in [0.4, 0.5) is 0 Å². The summed E-state index contributed by atoms with van der Waals surface area (Å²) in [6.07, 6.45) is 3.30. The van der Waals surface area contributed by atoms with E-state index in [0.717, 1.165) is 11.3 Å².